The summed E-state index contributed by atoms with van der Waals surface area (Å²) >= 11 is 4.82. The Morgan fingerprint density at radius 1 is 1.00 bits per heavy atom. The van der Waals surface area contributed by atoms with E-state index in [2.05, 4.69) is 11.4 Å². The first kappa shape index (κ1) is 18.6. The fraction of sp³-hybridized carbons (Fsp3) is 0.263. The molecule has 130 valence electrons. The molecule has 0 bridgehead atoms. The highest BCUT2D eigenvalue weighted by Gasteiger charge is 1.99. The Morgan fingerprint density at radius 3 is 2.32 bits per heavy atom. The van der Waals surface area contributed by atoms with Crippen molar-refractivity contribution in [1.29, 1.82) is 5.26 Å². The van der Waals surface area contributed by atoms with Crippen molar-refractivity contribution in [3.05, 3.63) is 54.1 Å². The summed E-state index contributed by atoms with van der Waals surface area (Å²) in [5, 5.41) is 11.9. The van der Waals surface area contributed by atoms with Crippen molar-refractivity contribution >= 4 is 23.0 Å². The van der Waals surface area contributed by atoms with Crippen LogP contribution in [0.3, 0.4) is 0 Å². The minimum absolute atomic E-state index is 0.236. The van der Waals surface area contributed by atoms with E-state index >= 15 is 0 Å². The molecule has 5 nitrogen and oxygen atoms in total. The van der Waals surface area contributed by atoms with Crippen molar-refractivity contribution in [2.75, 3.05) is 18.5 Å². The predicted molar refractivity (Wildman–Crippen MR) is 103 cm³/mol. The third-order valence-electron chi connectivity index (χ3n) is 3.41. The number of nitriles is 1. The van der Waals surface area contributed by atoms with Crippen molar-refractivity contribution in [1.82, 2.24) is 0 Å². The molecule has 2 rings (SSSR count). The molecule has 2 aromatic rings. The Balaban J connectivity index is 1.58. The maximum Gasteiger partial charge on any atom is 0.168 e. The monoisotopic (exact) mass is 355 g/mol. The standard InChI is InChI=1S/C19H21N3O2S/c20-14-15-7-9-17(10-8-15)23-11-2-1-3-12-24-18-6-4-5-16(13-18)22-19(21)25/h4-10,13H,1-3,11-12H2,(H3,21,22,25). The molecule has 0 heterocycles. The van der Waals surface area contributed by atoms with Crippen molar-refractivity contribution in [3.8, 4) is 17.6 Å². The maximum absolute atomic E-state index is 8.74. The van der Waals surface area contributed by atoms with Crippen LogP contribution in [0.1, 0.15) is 24.8 Å². The molecule has 0 radical (unpaired) electrons. The normalized spacial score (nSPS) is 9.88. The van der Waals surface area contributed by atoms with E-state index in [9.17, 15) is 0 Å². The van der Waals surface area contributed by atoms with E-state index < -0.39 is 0 Å². The first-order valence-electron chi connectivity index (χ1n) is 8.09. The SMILES string of the molecule is N#Cc1ccc(OCCCCCOc2cccc(NC(N)=S)c2)cc1. The van der Waals surface area contributed by atoms with Crippen molar-refractivity contribution in [3.63, 3.8) is 0 Å². The molecule has 0 aliphatic carbocycles. The molecule has 0 spiro atoms. The second kappa shape index (κ2) is 10.2. The second-order valence-corrected chi connectivity index (χ2v) is 5.85. The fourth-order valence-electron chi connectivity index (χ4n) is 2.19. The molecule has 0 saturated heterocycles. The summed E-state index contributed by atoms with van der Waals surface area (Å²) in [4.78, 5) is 0. The molecular weight excluding hydrogens is 334 g/mol. The summed E-state index contributed by atoms with van der Waals surface area (Å²) in [6.45, 7) is 1.30. The number of anilines is 1. The van der Waals surface area contributed by atoms with Gasteiger partial charge in [-0.05, 0) is 67.9 Å². The smallest absolute Gasteiger partial charge is 0.168 e. The van der Waals surface area contributed by atoms with Crippen LogP contribution in [0.2, 0.25) is 0 Å². The minimum atomic E-state index is 0.236. The lowest BCUT2D eigenvalue weighted by molar-refractivity contribution is 0.279. The highest BCUT2D eigenvalue weighted by Crippen LogP contribution is 2.17. The Hall–Kier alpha value is -2.78. The zero-order valence-electron chi connectivity index (χ0n) is 13.9. The van der Waals surface area contributed by atoms with E-state index in [-0.39, 0.29) is 5.11 Å². The lowest BCUT2D eigenvalue weighted by Gasteiger charge is -2.09. The number of unbranched alkanes of at least 4 members (excludes halogenated alkanes) is 2. The molecule has 0 aliphatic rings. The molecule has 3 N–H and O–H groups in total. The number of ether oxygens (including phenoxy) is 2. The van der Waals surface area contributed by atoms with Gasteiger partial charge in [0.1, 0.15) is 11.5 Å². The third-order valence-corrected chi connectivity index (χ3v) is 3.51. The van der Waals surface area contributed by atoms with Crippen LogP contribution in [0, 0.1) is 11.3 Å². The number of hydrogen-bond donors (Lipinski definition) is 2. The summed E-state index contributed by atoms with van der Waals surface area (Å²) < 4.78 is 11.4. The van der Waals surface area contributed by atoms with Crippen LogP contribution in [0.15, 0.2) is 48.5 Å². The van der Waals surface area contributed by atoms with Gasteiger partial charge in [0, 0.05) is 11.8 Å². The van der Waals surface area contributed by atoms with E-state index in [1.807, 2.05) is 36.4 Å². The van der Waals surface area contributed by atoms with Crippen molar-refractivity contribution < 1.29 is 9.47 Å². The molecule has 2 aromatic carbocycles. The zero-order valence-corrected chi connectivity index (χ0v) is 14.7. The second-order valence-electron chi connectivity index (χ2n) is 5.41. The number of rotatable bonds is 9. The molecular formula is C19H21N3O2S. The van der Waals surface area contributed by atoms with Crippen LogP contribution in [-0.4, -0.2) is 18.3 Å². The fourth-order valence-corrected chi connectivity index (χ4v) is 2.31. The Labute approximate surface area is 153 Å². The summed E-state index contributed by atoms with van der Waals surface area (Å²) in [7, 11) is 0. The average molecular weight is 355 g/mol. The highest BCUT2D eigenvalue weighted by atomic mass is 32.1. The summed E-state index contributed by atoms with van der Waals surface area (Å²) in [5.41, 5.74) is 6.91. The first-order chi connectivity index (χ1) is 12.2. The summed E-state index contributed by atoms with van der Waals surface area (Å²) in [6.07, 6.45) is 2.91. The topological polar surface area (TPSA) is 80.3 Å². The zero-order chi connectivity index (χ0) is 17.9. The Kier molecular flexibility index (Phi) is 7.54. The lowest BCUT2D eigenvalue weighted by Crippen LogP contribution is -2.18. The van der Waals surface area contributed by atoms with Crippen LogP contribution >= 0.6 is 12.2 Å². The molecule has 0 atom stereocenters. The van der Waals surface area contributed by atoms with E-state index in [1.165, 1.54) is 0 Å². The highest BCUT2D eigenvalue weighted by molar-refractivity contribution is 7.80. The van der Waals surface area contributed by atoms with E-state index in [0.29, 0.717) is 18.8 Å². The van der Waals surface area contributed by atoms with E-state index in [0.717, 1.165) is 36.4 Å². The predicted octanol–water partition coefficient (Wildman–Crippen LogP) is 3.84. The molecule has 0 amide bonds. The van der Waals surface area contributed by atoms with Crippen LogP contribution in [0.5, 0.6) is 11.5 Å². The Bertz CT molecular complexity index is 726. The van der Waals surface area contributed by atoms with Crippen LogP contribution in [-0.2, 0) is 0 Å². The van der Waals surface area contributed by atoms with Crippen LogP contribution in [0.25, 0.3) is 0 Å². The van der Waals surface area contributed by atoms with Gasteiger partial charge in [0.25, 0.3) is 0 Å². The lowest BCUT2D eigenvalue weighted by atomic mass is 10.2. The van der Waals surface area contributed by atoms with Crippen molar-refractivity contribution in [2.45, 2.75) is 19.3 Å². The number of nitrogens with zero attached hydrogens (tertiary/aromatic N) is 1. The Morgan fingerprint density at radius 2 is 1.68 bits per heavy atom. The van der Waals surface area contributed by atoms with Gasteiger partial charge in [-0.2, -0.15) is 5.26 Å². The number of benzene rings is 2. The minimum Gasteiger partial charge on any atom is -0.494 e. The van der Waals surface area contributed by atoms with E-state index in [1.54, 1.807) is 12.1 Å². The molecule has 0 unspecified atom stereocenters. The van der Waals surface area contributed by atoms with Crippen LogP contribution < -0.4 is 20.5 Å². The van der Waals surface area contributed by atoms with Gasteiger partial charge < -0.3 is 20.5 Å². The number of hydrogen-bond acceptors (Lipinski definition) is 4. The average Bonchev–Trinajstić information content (AvgIpc) is 2.61. The maximum atomic E-state index is 8.74. The summed E-state index contributed by atoms with van der Waals surface area (Å²) in [5.74, 6) is 1.58. The molecule has 6 heteroatoms. The van der Waals surface area contributed by atoms with Gasteiger partial charge in [-0.25, -0.2) is 0 Å². The largest absolute Gasteiger partial charge is 0.494 e. The number of thiocarbonyl (C=S) groups is 1. The number of nitrogens with one attached hydrogen (secondary N) is 1. The molecule has 0 aliphatic heterocycles. The van der Waals surface area contributed by atoms with Crippen LogP contribution in [0.4, 0.5) is 5.69 Å². The van der Waals surface area contributed by atoms with Gasteiger partial charge in [0.15, 0.2) is 5.11 Å². The molecule has 0 saturated carbocycles. The first-order valence-corrected chi connectivity index (χ1v) is 8.50. The molecule has 0 fully saturated rings. The van der Waals surface area contributed by atoms with Gasteiger partial charge in [-0.1, -0.05) is 6.07 Å². The molecule has 25 heavy (non-hydrogen) atoms. The van der Waals surface area contributed by atoms with Gasteiger partial charge in [0.2, 0.25) is 0 Å². The summed E-state index contributed by atoms with van der Waals surface area (Å²) in [6, 6.07) is 16.8. The quantitative estimate of drug-likeness (QED) is 0.525. The van der Waals surface area contributed by atoms with Gasteiger partial charge in [-0.15, -0.1) is 0 Å². The van der Waals surface area contributed by atoms with Gasteiger partial charge in [-0.3, -0.25) is 0 Å². The van der Waals surface area contributed by atoms with Gasteiger partial charge in [0.05, 0.1) is 24.8 Å². The molecule has 0 aromatic heterocycles. The van der Waals surface area contributed by atoms with Crippen molar-refractivity contribution in [2.24, 2.45) is 5.73 Å². The third kappa shape index (κ3) is 7.10. The number of nitrogens with two attached hydrogens (primary N) is 1. The van der Waals surface area contributed by atoms with E-state index in [4.69, 9.17) is 32.7 Å². The van der Waals surface area contributed by atoms with Gasteiger partial charge >= 0.3 is 0 Å².